The molecule has 3 N–H and O–H groups in total. The van der Waals surface area contributed by atoms with Crippen LogP contribution < -0.4 is 10.6 Å². The second kappa shape index (κ2) is 5.25. The molecule has 2 rings (SSSR count). The molecule has 2 unspecified atom stereocenters. The van der Waals surface area contributed by atoms with Crippen molar-refractivity contribution in [3.05, 3.63) is 29.6 Å². The van der Waals surface area contributed by atoms with Crippen LogP contribution in [0.4, 0.5) is 0 Å². The molecule has 0 spiro atoms. The van der Waals surface area contributed by atoms with Crippen molar-refractivity contribution in [2.75, 3.05) is 6.54 Å². The van der Waals surface area contributed by atoms with Gasteiger partial charge in [-0.25, -0.2) is 0 Å². The Labute approximate surface area is 100 Å². The fourth-order valence-corrected chi connectivity index (χ4v) is 1.92. The van der Waals surface area contributed by atoms with Gasteiger partial charge < -0.3 is 15.7 Å². The van der Waals surface area contributed by atoms with E-state index < -0.39 is 6.10 Å². The summed E-state index contributed by atoms with van der Waals surface area (Å²) in [6.07, 6.45) is 3.57. The Morgan fingerprint density at radius 2 is 2.53 bits per heavy atom. The third-order valence-electron chi connectivity index (χ3n) is 3.01. The van der Waals surface area contributed by atoms with Gasteiger partial charge in [0.25, 0.3) is 0 Å². The lowest BCUT2D eigenvalue weighted by molar-refractivity contribution is -0.123. The van der Waals surface area contributed by atoms with E-state index >= 15 is 0 Å². The van der Waals surface area contributed by atoms with E-state index in [0.29, 0.717) is 19.5 Å². The average molecular weight is 235 g/mol. The zero-order valence-electron chi connectivity index (χ0n) is 9.81. The third kappa shape index (κ3) is 3.01. The van der Waals surface area contributed by atoms with Gasteiger partial charge in [0.2, 0.25) is 5.91 Å². The van der Waals surface area contributed by atoms with Crippen LogP contribution in [0.15, 0.2) is 18.5 Å². The highest BCUT2D eigenvalue weighted by molar-refractivity contribution is 5.82. The fourth-order valence-electron chi connectivity index (χ4n) is 1.92. The molecule has 2 atom stereocenters. The van der Waals surface area contributed by atoms with Crippen molar-refractivity contribution < 1.29 is 9.90 Å². The molecule has 1 aliphatic rings. The highest BCUT2D eigenvalue weighted by atomic mass is 16.3. The molecule has 5 nitrogen and oxygen atoms in total. The molecular weight excluding hydrogens is 218 g/mol. The monoisotopic (exact) mass is 235 g/mol. The van der Waals surface area contributed by atoms with Crippen LogP contribution in [0.3, 0.4) is 0 Å². The first-order chi connectivity index (χ1) is 8.16. The summed E-state index contributed by atoms with van der Waals surface area (Å²) in [5, 5.41) is 15.2. The second-order valence-corrected chi connectivity index (χ2v) is 4.37. The van der Waals surface area contributed by atoms with Gasteiger partial charge in [-0.05, 0) is 30.5 Å². The number of nitrogens with one attached hydrogen (secondary N) is 2. The average Bonchev–Trinajstić information content (AvgIpc) is 2.74. The quantitative estimate of drug-likeness (QED) is 0.674. The molecular formula is C12H17N3O2. The Bertz CT molecular complexity index is 408. The number of nitrogens with zero attached hydrogens (tertiary/aromatic N) is 1. The van der Waals surface area contributed by atoms with Crippen molar-refractivity contribution in [2.24, 2.45) is 0 Å². The topological polar surface area (TPSA) is 74.2 Å². The number of aryl methyl sites for hydroxylation is 1. The Balaban J connectivity index is 1.86. The first-order valence-electron chi connectivity index (χ1n) is 5.75. The molecule has 2 heterocycles. The number of aliphatic hydroxyl groups is 1. The lowest BCUT2D eigenvalue weighted by atomic mass is 10.1. The van der Waals surface area contributed by atoms with Crippen molar-refractivity contribution in [3.63, 3.8) is 0 Å². The first kappa shape index (κ1) is 12.0. The molecule has 17 heavy (non-hydrogen) atoms. The van der Waals surface area contributed by atoms with Gasteiger partial charge in [-0.15, -0.1) is 0 Å². The van der Waals surface area contributed by atoms with E-state index in [1.165, 1.54) is 0 Å². The molecule has 1 amide bonds. The number of rotatable bonds is 3. The number of aliphatic hydroxyl groups excluding tert-OH is 1. The van der Waals surface area contributed by atoms with Gasteiger partial charge in [0, 0.05) is 25.5 Å². The van der Waals surface area contributed by atoms with Gasteiger partial charge in [-0.1, -0.05) is 0 Å². The summed E-state index contributed by atoms with van der Waals surface area (Å²) in [5.41, 5.74) is 2.12. The molecule has 1 fully saturated rings. The predicted octanol–water partition coefficient (Wildman–Crippen LogP) is -0.271. The normalized spacial score (nSPS) is 23.6. The first-order valence-corrected chi connectivity index (χ1v) is 5.75. The van der Waals surface area contributed by atoms with Crippen molar-refractivity contribution in [1.29, 1.82) is 0 Å². The number of hydrogen-bond donors (Lipinski definition) is 3. The molecule has 1 aliphatic heterocycles. The standard InChI is InChI=1S/C12H17N3O2/c1-8-5-13-3-2-9(8)6-15-12(17)11-4-10(16)7-14-11/h2-3,5,10-11,14,16H,4,6-7H2,1H3,(H,15,17). The highest BCUT2D eigenvalue weighted by Crippen LogP contribution is 2.08. The smallest absolute Gasteiger partial charge is 0.237 e. The molecule has 5 heteroatoms. The molecule has 0 saturated carbocycles. The minimum Gasteiger partial charge on any atom is -0.392 e. The summed E-state index contributed by atoms with van der Waals surface area (Å²) in [6, 6.07) is 1.62. The number of carbonyl (C=O) groups excluding carboxylic acids is 1. The van der Waals surface area contributed by atoms with Crippen LogP contribution in [0.5, 0.6) is 0 Å². The Morgan fingerprint density at radius 3 is 3.18 bits per heavy atom. The van der Waals surface area contributed by atoms with E-state index in [0.717, 1.165) is 11.1 Å². The maximum absolute atomic E-state index is 11.8. The van der Waals surface area contributed by atoms with E-state index in [1.54, 1.807) is 12.4 Å². The largest absolute Gasteiger partial charge is 0.392 e. The summed E-state index contributed by atoms with van der Waals surface area (Å²) in [5.74, 6) is -0.0576. The molecule has 92 valence electrons. The highest BCUT2D eigenvalue weighted by Gasteiger charge is 2.27. The third-order valence-corrected chi connectivity index (χ3v) is 3.01. The van der Waals surface area contributed by atoms with E-state index in [2.05, 4.69) is 15.6 Å². The summed E-state index contributed by atoms with van der Waals surface area (Å²) in [7, 11) is 0. The van der Waals surface area contributed by atoms with Gasteiger partial charge in [-0.2, -0.15) is 0 Å². The van der Waals surface area contributed by atoms with Gasteiger partial charge >= 0.3 is 0 Å². The zero-order valence-corrected chi connectivity index (χ0v) is 9.81. The minimum atomic E-state index is -0.409. The van der Waals surface area contributed by atoms with Gasteiger partial charge in [0.05, 0.1) is 12.1 Å². The lowest BCUT2D eigenvalue weighted by Crippen LogP contribution is -2.40. The van der Waals surface area contributed by atoms with Gasteiger partial charge in [0.15, 0.2) is 0 Å². The lowest BCUT2D eigenvalue weighted by Gasteiger charge is -2.11. The van der Waals surface area contributed by atoms with Crippen LogP contribution in [-0.2, 0) is 11.3 Å². The van der Waals surface area contributed by atoms with Crippen LogP contribution in [0.25, 0.3) is 0 Å². The zero-order chi connectivity index (χ0) is 12.3. The number of hydrogen-bond acceptors (Lipinski definition) is 4. The van der Waals surface area contributed by atoms with Crippen molar-refractivity contribution in [3.8, 4) is 0 Å². The van der Waals surface area contributed by atoms with Crippen LogP contribution in [-0.4, -0.2) is 34.7 Å². The SMILES string of the molecule is Cc1cnccc1CNC(=O)C1CC(O)CN1. The summed E-state index contributed by atoms with van der Waals surface area (Å²) in [4.78, 5) is 15.8. The van der Waals surface area contributed by atoms with Crippen molar-refractivity contribution in [1.82, 2.24) is 15.6 Å². The Kier molecular flexibility index (Phi) is 3.71. The molecule has 1 aromatic rings. The van der Waals surface area contributed by atoms with Crippen molar-refractivity contribution in [2.45, 2.75) is 32.0 Å². The number of amides is 1. The molecule has 0 bridgehead atoms. The van der Waals surface area contributed by atoms with E-state index in [1.807, 2.05) is 13.0 Å². The maximum atomic E-state index is 11.8. The number of β-amino-alcohol motifs (C(OH)–C–C–N with tert-alkyl or cyclic N) is 1. The number of pyridine rings is 1. The molecule has 0 aromatic carbocycles. The van der Waals surface area contributed by atoms with Crippen LogP contribution >= 0.6 is 0 Å². The molecule has 0 radical (unpaired) electrons. The van der Waals surface area contributed by atoms with Gasteiger partial charge in [0.1, 0.15) is 0 Å². The Morgan fingerprint density at radius 1 is 1.71 bits per heavy atom. The van der Waals surface area contributed by atoms with E-state index in [4.69, 9.17) is 0 Å². The Hall–Kier alpha value is -1.46. The minimum absolute atomic E-state index is 0.0576. The fraction of sp³-hybridized carbons (Fsp3) is 0.500. The van der Waals surface area contributed by atoms with Crippen LogP contribution in [0.1, 0.15) is 17.5 Å². The maximum Gasteiger partial charge on any atom is 0.237 e. The summed E-state index contributed by atoms with van der Waals surface area (Å²) >= 11 is 0. The van der Waals surface area contributed by atoms with Crippen molar-refractivity contribution >= 4 is 5.91 Å². The number of aromatic nitrogens is 1. The molecule has 1 saturated heterocycles. The second-order valence-electron chi connectivity index (χ2n) is 4.37. The predicted molar refractivity (Wildman–Crippen MR) is 63.2 cm³/mol. The van der Waals surface area contributed by atoms with Crippen LogP contribution in [0.2, 0.25) is 0 Å². The molecule has 1 aromatic heterocycles. The summed E-state index contributed by atoms with van der Waals surface area (Å²) in [6.45, 7) is 2.96. The summed E-state index contributed by atoms with van der Waals surface area (Å²) < 4.78 is 0. The van der Waals surface area contributed by atoms with E-state index in [9.17, 15) is 9.90 Å². The van der Waals surface area contributed by atoms with Gasteiger partial charge in [-0.3, -0.25) is 9.78 Å². The number of carbonyl (C=O) groups is 1. The molecule has 0 aliphatic carbocycles. The van der Waals surface area contributed by atoms with E-state index in [-0.39, 0.29) is 11.9 Å². The van der Waals surface area contributed by atoms with Crippen LogP contribution in [0, 0.1) is 6.92 Å².